The van der Waals surface area contributed by atoms with Crippen molar-refractivity contribution in [1.29, 1.82) is 0 Å². The first-order valence-corrected chi connectivity index (χ1v) is 3.13. The summed E-state index contributed by atoms with van der Waals surface area (Å²) < 4.78 is 0. The van der Waals surface area contributed by atoms with Gasteiger partial charge in [0.1, 0.15) is 5.15 Å². The molecular weight excluding hydrogens is 145 g/mol. The normalized spacial score (nSPS) is 9.75. The van der Waals surface area contributed by atoms with Crippen LogP contribution in [0.3, 0.4) is 0 Å². The molecule has 1 rings (SSSR count). The maximum atomic E-state index is 5.52. The van der Waals surface area contributed by atoms with Gasteiger partial charge in [-0.05, 0) is 11.6 Å². The van der Waals surface area contributed by atoms with Crippen LogP contribution in [-0.4, -0.2) is 4.98 Å². The molecular formula is C5H5Cl2N. The molecule has 0 unspecified atom stereocenters. The van der Waals surface area contributed by atoms with Crippen LogP contribution in [0.5, 0.6) is 0 Å². The molecule has 0 amide bonds. The van der Waals surface area contributed by atoms with Gasteiger partial charge in [0.15, 0.2) is 0 Å². The summed E-state index contributed by atoms with van der Waals surface area (Å²) in [4.78, 5) is 2.80. The largest absolute Gasteiger partial charge is 0.352 e. The number of halogens is 2. The lowest BCUT2D eigenvalue weighted by atomic mass is 10.4. The summed E-state index contributed by atoms with van der Waals surface area (Å²) in [6.07, 6.45) is 1.79. The monoisotopic (exact) mass is 149 g/mol. The second-order valence-electron chi connectivity index (χ2n) is 1.49. The molecule has 0 aliphatic heterocycles. The quantitative estimate of drug-likeness (QED) is 0.591. The Bertz CT molecular complexity index is 171. The maximum absolute atomic E-state index is 5.52. The van der Waals surface area contributed by atoms with Gasteiger partial charge in [0.05, 0.1) is 0 Å². The molecule has 0 fully saturated rings. The zero-order chi connectivity index (χ0) is 5.98. The van der Waals surface area contributed by atoms with E-state index in [2.05, 4.69) is 4.98 Å². The van der Waals surface area contributed by atoms with Crippen molar-refractivity contribution in [3.05, 3.63) is 23.0 Å². The Labute approximate surface area is 57.6 Å². The van der Waals surface area contributed by atoms with E-state index in [1.165, 1.54) is 0 Å². The molecule has 0 saturated heterocycles. The minimum absolute atomic E-state index is 0.517. The Kier molecular flexibility index (Phi) is 1.81. The standard InChI is InChI=1S/C5H5Cl2N/c6-2-4-1-5(7)8-3-4/h1,3,8H,2H2. The van der Waals surface area contributed by atoms with Gasteiger partial charge in [-0.2, -0.15) is 0 Å². The first kappa shape index (κ1) is 5.99. The Hall–Kier alpha value is -0.140. The SMILES string of the molecule is ClCc1c[nH]c(Cl)c1. The van der Waals surface area contributed by atoms with Gasteiger partial charge in [-0.3, -0.25) is 0 Å². The van der Waals surface area contributed by atoms with Crippen LogP contribution in [0.15, 0.2) is 12.3 Å². The Balaban J connectivity index is 2.84. The van der Waals surface area contributed by atoms with Crippen molar-refractivity contribution < 1.29 is 0 Å². The molecule has 0 aromatic carbocycles. The van der Waals surface area contributed by atoms with Crippen LogP contribution in [0.25, 0.3) is 0 Å². The van der Waals surface area contributed by atoms with E-state index in [1.807, 2.05) is 0 Å². The summed E-state index contributed by atoms with van der Waals surface area (Å²) in [5.74, 6) is 0.517. The second-order valence-corrected chi connectivity index (χ2v) is 2.16. The molecule has 3 heteroatoms. The minimum atomic E-state index is 0.517. The Morgan fingerprint density at radius 3 is 2.62 bits per heavy atom. The number of aromatic nitrogens is 1. The molecule has 8 heavy (non-hydrogen) atoms. The fourth-order valence-electron chi connectivity index (χ4n) is 0.485. The zero-order valence-electron chi connectivity index (χ0n) is 4.12. The molecule has 44 valence electrons. The summed E-state index contributed by atoms with van der Waals surface area (Å²) in [6, 6.07) is 1.80. The second kappa shape index (κ2) is 2.42. The number of hydrogen-bond donors (Lipinski definition) is 1. The summed E-state index contributed by atoms with van der Waals surface area (Å²) in [7, 11) is 0. The average Bonchev–Trinajstić information content (AvgIpc) is 2.14. The van der Waals surface area contributed by atoms with Crippen LogP contribution in [0, 0.1) is 0 Å². The summed E-state index contributed by atoms with van der Waals surface area (Å²) in [5.41, 5.74) is 1.02. The van der Waals surface area contributed by atoms with Gasteiger partial charge in [0.25, 0.3) is 0 Å². The molecule has 1 aromatic rings. The van der Waals surface area contributed by atoms with Gasteiger partial charge in [0.2, 0.25) is 0 Å². The third kappa shape index (κ3) is 1.17. The number of hydrogen-bond acceptors (Lipinski definition) is 0. The van der Waals surface area contributed by atoms with Crippen molar-refractivity contribution in [2.45, 2.75) is 5.88 Å². The van der Waals surface area contributed by atoms with Gasteiger partial charge >= 0.3 is 0 Å². The predicted octanol–water partition coefficient (Wildman–Crippen LogP) is 2.41. The van der Waals surface area contributed by atoms with Crippen molar-refractivity contribution in [1.82, 2.24) is 4.98 Å². The molecule has 0 aliphatic carbocycles. The first-order valence-electron chi connectivity index (χ1n) is 2.21. The van der Waals surface area contributed by atoms with Crippen molar-refractivity contribution in [3.63, 3.8) is 0 Å². The van der Waals surface area contributed by atoms with Gasteiger partial charge in [-0.1, -0.05) is 11.6 Å². The fraction of sp³-hybridized carbons (Fsp3) is 0.200. The first-order chi connectivity index (χ1) is 3.83. The molecule has 1 aromatic heterocycles. The highest BCUT2D eigenvalue weighted by molar-refractivity contribution is 6.29. The smallest absolute Gasteiger partial charge is 0.106 e. The molecule has 0 atom stereocenters. The maximum Gasteiger partial charge on any atom is 0.106 e. The predicted molar refractivity (Wildman–Crippen MR) is 35.4 cm³/mol. The van der Waals surface area contributed by atoms with Crippen LogP contribution in [-0.2, 0) is 5.88 Å². The molecule has 0 bridgehead atoms. The molecule has 1 heterocycles. The Morgan fingerprint density at radius 2 is 2.38 bits per heavy atom. The number of nitrogens with one attached hydrogen (secondary N) is 1. The average molecular weight is 150 g/mol. The lowest BCUT2D eigenvalue weighted by molar-refractivity contribution is 1.36. The molecule has 0 saturated carbocycles. The van der Waals surface area contributed by atoms with Crippen LogP contribution in [0.4, 0.5) is 0 Å². The lowest BCUT2D eigenvalue weighted by Crippen LogP contribution is -1.63. The highest BCUT2D eigenvalue weighted by atomic mass is 35.5. The van der Waals surface area contributed by atoms with Crippen LogP contribution in [0.2, 0.25) is 5.15 Å². The highest BCUT2D eigenvalue weighted by Crippen LogP contribution is 2.09. The Morgan fingerprint density at radius 1 is 1.62 bits per heavy atom. The van der Waals surface area contributed by atoms with Crippen molar-refractivity contribution in [2.75, 3.05) is 0 Å². The molecule has 0 spiro atoms. The van der Waals surface area contributed by atoms with E-state index in [4.69, 9.17) is 23.2 Å². The third-order valence-corrected chi connectivity index (χ3v) is 1.39. The summed E-state index contributed by atoms with van der Waals surface area (Å²) >= 11 is 11.0. The summed E-state index contributed by atoms with van der Waals surface area (Å²) in [5, 5.41) is 0.639. The molecule has 1 nitrogen and oxygen atoms in total. The van der Waals surface area contributed by atoms with E-state index in [-0.39, 0.29) is 0 Å². The van der Waals surface area contributed by atoms with E-state index >= 15 is 0 Å². The van der Waals surface area contributed by atoms with Gasteiger partial charge in [-0.15, -0.1) is 11.6 Å². The molecule has 0 aliphatic rings. The number of rotatable bonds is 1. The van der Waals surface area contributed by atoms with E-state index in [9.17, 15) is 0 Å². The van der Waals surface area contributed by atoms with Crippen molar-refractivity contribution in [3.8, 4) is 0 Å². The third-order valence-electron chi connectivity index (χ3n) is 0.862. The van der Waals surface area contributed by atoms with Gasteiger partial charge in [-0.25, -0.2) is 0 Å². The van der Waals surface area contributed by atoms with Crippen molar-refractivity contribution >= 4 is 23.2 Å². The van der Waals surface area contributed by atoms with Crippen LogP contribution < -0.4 is 0 Å². The van der Waals surface area contributed by atoms with Gasteiger partial charge < -0.3 is 4.98 Å². The zero-order valence-corrected chi connectivity index (χ0v) is 5.63. The van der Waals surface area contributed by atoms with E-state index < -0.39 is 0 Å². The number of H-pyrrole nitrogens is 1. The van der Waals surface area contributed by atoms with Gasteiger partial charge in [0, 0.05) is 12.1 Å². The lowest BCUT2D eigenvalue weighted by Gasteiger charge is -1.76. The molecule has 1 N–H and O–H groups in total. The van der Waals surface area contributed by atoms with Crippen LogP contribution >= 0.6 is 23.2 Å². The minimum Gasteiger partial charge on any atom is -0.352 e. The number of aromatic amines is 1. The highest BCUT2D eigenvalue weighted by Gasteiger charge is 1.91. The number of alkyl halides is 1. The molecule has 0 radical (unpaired) electrons. The van der Waals surface area contributed by atoms with E-state index in [0.29, 0.717) is 11.0 Å². The summed E-state index contributed by atoms with van der Waals surface area (Å²) in [6.45, 7) is 0. The van der Waals surface area contributed by atoms with Crippen LogP contribution in [0.1, 0.15) is 5.56 Å². The van der Waals surface area contributed by atoms with E-state index in [0.717, 1.165) is 5.56 Å². The topological polar surface area (TPSA) is 15.8 Å². The fourth-order valence-corrected chi connectivity index (χ4v) is 0.834. The van der Waals surface area contributed by atoms with E-state index in [1.54, 1.807) is 12.3 Å². The van der Waals surface area contributed by atoms with Crippen molar-refractivity contribution in [2.24, 2.45) is 0 Å².